The molecule has 1 saturated carbocycles. The molecular weight excluding hydrogens is 202 g/mol. The molecule has 2 unspecified atom stereocenters. The van der Waals surface area contributed by atoms with Crippen LogP contribution in [0.1, 0.15) is 39.0 Å². The lowest BCUT2D eigenvalue weighted by Gasteiger charge is -2.27. The zero-order chi connectivity index (χ0) is 10.6. The molecule has 14 heavy (non-hydrogen) atoms. The van der Waals surface area contributed by atoms with Gasteiger partial charge in [-0.25, -0.2) is 0 Å². The first kappa shape index (κ1) is 11.5. The van der Waals surface area contributed by atoms with Gasteiger partial charge in [0.05, 0.1) is 11.8 Å². The number of nitrogens with one attached hydrogen (secondary N) is 1. The van der Waals surface area contributed by atoms with Crippen LogP contribution in [0.2, 0.25) is 0 Å². The minimum absolute atomic E-state index is 0.0275. The Hall–Kier alpha value is -0.570. The van der Waals surface area contributed by atoms with Gasteiger partial charge in [0.1, 0.15) is 5.78 Å². The number of halogens is 1. The quantitative estimate of drug-likeness (QED) is 0.577. The second-order valence-corrected chi connectivity index (χ2v) is 4.41. The van der Waals surface area contributed by atoms with Crippen LogP contribution in [0.5, 0.6) is 0 Å². The van der Waals surface area contributed by atoms with Crippen molar-refractivity contribution in [2.24, 2.45) is 0 Å². The van der Waals surface area contributed by atoms with E-state index in [1.165, 1.54) is 6.92 Å². The molecule has 1 amide bonds. The van der Waals surface area contributed by atoms with Crippen molar-refractivity contribution in [2.75, 3.05) is 0 Å². The third kappa shape index (κ3) is 3.66. The summed E-state index contributed by atoms with van der Waals surface area (Å²) in [5.41, 5.74) is 0. The molecule has 0 saturated heterocycles. The molecule has 1 N–H and O–H groups in total. The molecule has 3 nitrogen and oxygen atoms in total. The largest absolute Gasteiger partial charge is 0.352 e. The number of hydrogen-bond donors (Lipinski definition) is 1. The van der Waals surface area contributed by atoms with Crippen LogP contribution in [-0.2, 0) is 9.59 Å². The summed E-state index contributed by atoms with van der Waals surface area (Å²) >= 11 is 6.06. The van der Waals surface area contributed by atoms with Crippen molar-refractivity contribution in [3.8, 4) is 0 Å². The molecule has 2 atom stereocenters. The van der Waals surface area contributed by atoms with E-state index in [-0.39, 0.29) is 29.5 Å². The van der Waals surface area contributed by atoms with Gasteiger partial charge >= 0.3 is 0 Å². The highest BCUT2D eigenvalue weighted by molar-refractivity contribution is 6.21. The summed E-state index contributed by atoms with van der Waals surface area (Å²) < 4.78 is 0. The molecule has 0 aromatic heterocycles. The van der Waals surface area contributed by atoms with Crippen LogP contribution < -0.4 is 5.32 Å². The molecule has 1 aliphatic rings. The Kier molecular flexibility index (Phi) is 4.39. The molecule has 0 aromatic carbocycles. The molecule has 1 fully saturated rings. The second kappa shape index (κ2) is 5.35. The molecular formula is C10H16ClNO2. The standard InChI is InChI=1S/C10H16ClNO2/c1-7(13)6-10(14)12-9-5-3-2-4-8(9)11/h8-9H,2-6H2,1H3,(H,12,14). The van der Waals surface area contributed by atoms with Gasteiger partial charge in [0.2, 0.25) is 5.91 Å². The number of carbonyl (C=O) groups excluding carboxylic acids is 2. The van der Waals surface area contributed by atoms with Crippen LogP contribution in [0.25, 0.3) is 0 Å². The maximum absolute atomic E-state index is 11.3. The third-order valence-electron chi connectivity index (χ3n) is 2.44. The van der Waals surface area contributed by atoms with Gasteiger partial charge in [-0.3, -0.25) is 9.59 Å². The maximum atomic E-state index is 11.3. The molecule has 0 radical (unpaired) electrons. The molecule has 0 aromatic rings. The van der Waals surface area contributed by atoms with E-state index in [1.54, 1.807) is 0 Å². The number of ketones is 1. The number of carbonyl (C=O) groups is 2. The van der Waals surface area contributed by atoms with Crippen molar-refractivity contribution in [2.45, 2.75) is 50.4 Å². The average Bonchev–Trinajstić information content (AvgIpc) is 2.07. The second-order valence-electron chi connectivity index (χ2n) is 3.85. The van der Waals surface area contributed by atoms with E-state index in [1.807, 2.05) is 0 Å². The average molecular weight is 218 g/mol. The first-order chi connectivity index (χ1) is 6.59. The summed E-state index contributed by atoms with van der Waals surface area (Å²) in [6.45, 7) is 1.42. The zero-order valence-corrected chi connectivity index (χ0v) is 9.14. The lowest BCUT2D eigenvalue weighted by atomic mass is 9.95. The summed E-state index contributed by atoms with van der Waals surface area (Å²) in [4.78, 5) is 22.0. The van der Waals surface area contributed by atoms with Crippen LogP contribution in [0.4, 0.5) is 0 Å². The minimum Gasteiger partial charge on any atom is -0.352 e. The van der Waals surface area contributed by atoms with Crippen molar-refractivity contribution in [3.63, 3.8) is 0 Å². The number of hydrogen-bond acceptors (Lipinski definition) is 2. The summed E-state index contributed by atoms with van der Waals surface area (Å²) in [5.74, 6) is -0.306. The Labute approximate surface area is 89.2 Å². The van der Waals surface area contributed by atoms with Gasteiger partial charge in [0.15, 0.2) is 0 Å². The normalized spacial score (nSPS) is 27.0. The van der Waals surface area contributed by atoms with Crippen LogP contribution in [-0.4, -0.2) is 23.1 Å². The summed E-state index contributed by atoms with van der Waals surface area (Å²) in [6, 6.07) is 0.0530. The Bertz CT molecular complexity index is 230. The van der Waals surface area contributed by atoms with E-state index in [2.05, 4.69) is 5.32 Å². The first-order valence-electron chi connectivity index (χ1n) is 5.02. The molecule has 80 valence electrons. The van der Waals surface area contributed by atoms with Gasteiger partial charge in [0.25, 0.3) is 0 Å². The molecule has 0 heterocycles. The summed E-state index contributed by atoms with van der Waals surface area (Å²) in [5, 5.41) is 2.84. The van der Waals surface area contributed by atoms with Gasteiger partial charge in [-0.05, 0) is 19.8 Å². The van der Waals surface area contributed by atoms with E-state index in [0.717, 1.165) is 25.7 Å². The predicted molar refractivity (Wildman–Crippen MR) is 55.3 cm³/mol. The summed E-state index contributed by atoms with van der Waals surface area (Å²) in [6.07, 6.45) is 4.09. The van der Waals surface area contributed by atoms with Gasteiger partial charge in [-0.1, -0.05) is 12.8 Å². The lowest BCUT2D eigenvalue weighted by Crippen LogP contribution is -2.43. The van der Waals surface area contributed by atoms with E-state index < -0.39 is 0 Å². The Morgan fingerprint density at radius 1 is 1.36 bits per heavy atom. The van der Waals surface area contributed by atoms with E-state index >= 15 is 0 Å². The van der Waals surface area contributed by atoms with Crippen molar-refractivity contribution in [3.05, 3.63) is 0 Å². The van der Waals surface area contributed by atoms with Crippen molar-refractivity contribution in [1.29, 1.82) is 0 Å². The fraction of sp³-hybridized carbons (Fsp3) is 0.800. The fourth-order valence-corrected chi connectivity index (χ4v) is 2.08. The van der Waals surface area contributed by atoms with E-state index in [4.69, 9.17) is 11.6 Å². The van der Waals surface area contributed by atoms with Crippen molar-refractivity contribution < 1.29 is 9.59 Å². The van der Waals surface area contributed by atoms with Gasteiger partial charge in [-0.15, -0.1) is 11.6 Å². The smallest absolute Gasteiger partial charge is 0.227 e. The Balaban J connectivity index is 2.34. The molecule has 1 rings (SSSR count). The topological polar surface area (TPSA) is 46.2 Å². The number of alkyl halides is 1. The van der Waals surface area contributed by atoms with Crippen LogP contribution in [0.3, 0.4) is 0 Å². The molecule has 0 aliphatic heterocycles. The highest BCUT2D eigenvalue weighted by Gasteiger charge is 2.24. The minimum atomic E-state index is -0.199. The monoisotopic (exact) mass is 217 g/mol. The van der Waals surface area contributed by atoms with E-state index in [9.17, 15) is 9.59 Å². The molecule has 0 spiro atoms. The highest BCUT2D eigenvalue weighted by atomic mass is 35.5. The van der Waals surface area contributed by atoms with Gasteiger partial charge < -0.3 is 5.32 Å². The molecule has 1 aliphatic carbocycles. The fourth-order valence-electron chi connectivity index (χ4n) is 1.73. The zero-order valence-electron chi connectivity index (χ0n) is 8.38. The van der Waals surface area contributed by atoms with Crippen LogP contribution in [0.15, 0.2) is 0 Å². The Morgan fingerprint density at radius 3 is 2.57 bits per heavy atom. The maximum Gasteiger partial charge on any atom is 0.227 e. The summed E-state index contributed by atoms with van der Waals surface area (Å²) in [7, 11) is 0. The van der Waals surface area contributed by atoms with E-state index in [0.29, 0.717) is 0 Å². The van der Waals surface area contributed by atoms with Crippen LogP contribution >= 0.6 is 11.6 Å². The molecule has 0 bridgehead atoms. The number of Topliss-reactive ketones (excluding diaryl/α,β-unsaturated/α-hetero) is 1. The Morgan fingerprint density at radius 2 is 2.00 bits per heavy atom. The van der Waals surface area contributed by atoms with Crippen molar-refractivity contribution >= 4 is 23.3 Å². The van der Waals surface area contributed by atoms with Crippen LogP contribution in [0, 0.1) is 0 Å². The number of rotatable bonds is 3. The van der Waals surface area contributed by atoms with Crippen molar-refractivity contribution in [1.82, 2.24) is 5.32 Å². The lowest BCUT2D eigenvalue weighted by molar-refractivity contribution is -0.127. The first-order valence-corrected chi connectivity index (χ1v) is 5.46. The highest BCUT2D eigenvalue weighted by Crippen LogP contribution is 2.22. The number of amides is 1. The predicted octanol–water partition coefficient (Wildman–Crippen LogP) is 1.63. The molecule has 4 heteroatoms. The third-order valence-corrected chi connectivity index (χ3v) is 2.96. The SMILES string of the molecule is CC(=O)CC(=O)NC1CCCCC1Cl. The van der Waals surface area contributed by atoms with Gasteiger partial charge in [-0.2, -0.15) is 0 Å². The van der Waals surface area contributed by atoms with Gasteiger partial charge in [0, 0.05) is 6.04 Å².